The summed E-state index contributed by atoms with van der Waals surface area (Å²) in [6.45, 7) is 0.200. The summed E-state index contributed by atoms with van der Waals surface area (Å²) in [4.78, 5) is 11.9. The Kier molecular flexibility index (Phi) is 4.47. The SMILES string of the molecule is O=C(Cc1ccc2c(c1)OCO2)N/N=C\c1cc(Br)ccc1O. The predicted octanol–water partition coefficient (Wildman–Crippen LogP) is 2.58. The smallest absolute Gasteiger partial charge is 0.244 e. The lowest BCUT2D eigenvalue weighted by atomic mass is 10.1. The Hall–Kier alpha value is -2.54. The molecule has 0 saturated carbocycles. The standard InChI is InChI=1S/C16H13BrN2O4/c17-12-2-3-13(20)11(7-12)8-18-19-16(21)6-10-1-4-14-15(5-10)23-9-22-14/h1-5,7-8,20H,6,9H2,(H,19,21)/b18-8-. The van der Waals surface area contributed by atoms with Crippen LogP contribution in [-0.2, 0) is 11.2 Å². The minimum absolute atomic E-state index is 0.0852. The Balaban J connectivity index is 1.59. The quantitative estimate of drug-likeness (QED) is 0.634. The Morgan fingerprint density at radius 1 is 1.26 bits per heavy atom. The third kappa shape index (κ3) is 3.81. The summed E-state index contributed by atoms with van der Waals surface area (Å²) in [6.07, 6.45) is 1.55. The van der Waals surface area contributed by atoms with Crippen LogP contribution in [-0.4, -0.2) is 24.0 Å². The van der Waals surface area contributed by atoms with E-state index in [0.717, 1.165) is 10.0 Å². The number of phenols is 1. The summed E-state index contributed by atoms with van der Waals surface area (Å²) in [5.41, 5.74) is 3.73. The Morgan fingerprint density at radius 2 is 2.09 bits per heavy atom. The fourth-order valence-corrected chi connectivity index (χ4v) is 2.46. The highest BCUT2D eigenvalue weighted by atomic mass is 79.9. The molecule has 2 aromatic carbocycles. The van der Waals surface area contributed by atoms with Crippen LogP contribution >= 0.6 is 15.9 Å². The molecule has 0 saturated heterocycles. The van der Waals surface area contributed by atoms with E-state index in [-0.39, 0.29) is 24.9 Å². The van der Waals surface area contributed by atoms with Crippen LogP contribution in [0.1, 0.15) is 11.1 Å². The lowest BCUT2D eigenvalue weighted by Gasteiger charge is -2.03. The second-order valence-electron chi connectivity index (χ2n) is 4.86. The summed E-state index contributed by atoms with van der Waals surface area (Å²) in [5, 5.41) is 13.5. The highest BCUT2D eigenvalue weighted by Gasteiger charge is 2.14. The second kappa shape index (κ2) is 6.70. The van der Waals surface area contributed by atoms with Crippen molar-refractivity contribution in [1.82, 2.24) is 5.43 Å². The van der Waals surface area contributed by atoms with Crippen molar-refractivity contribution in [3.05, 3.63) is 52.0 Å². The van der Waals surface area contributed by atoms with Gasteiger partial charge in [0.25, 0.3) is 0 Å². The summed E-state index contributed by atoms with van der Waals surface area (Å²) >= 11 is 3.30. The van der Waals surface area contributed by atoms with Gasteiger partial charge in [-0.15, -0.1) is 0 Å². The molecule has 1 heterocycles. The highest BCUT2D eigenvalue weighted by Crippen LogP contribution is 2.32. The van der Waals surface area contributed by atoms with Crippen LogP contribution in [0.4, 0.5) is 0 Å². The molecule has 0 bridgehead atoms. The number of aromatic hydroxyl groups is 1. The molecule has 7 heteroatoms. The zero-order valence-electron chi connectivity index (χ0n) is 12.0. The van der Waals surface area contributed by atoms with Gasteiger partial charge >= 0.3 is 0 Å². The van der Waals surface area contributed by atoms with Gasteiger partial charge in [0.05, 0.1) is 12.6 Å². The number of nitrogens with zero attached hydrogens (tertiary/aromatic N) is 1. The summed E-state index contributed by atoms with van der Waals surface area (Å²) in [5.74, 6) is 1.13. The first-order valence-corrected chi connectivity index (χ1v) is 7.60. The maximum Gasteiger partial charge on any atom is 0.244 e. The molecular formula is C16H13BrN2O4. The Morgan fingerprint density at radius 3 is 2.96 bits per heavy atom. The van der Waals surface area contributed by atoms with E-state index in [4.69, 9.17) is 9.47 Å². The summed E-state index contributed by atoms with van der Waals surface area (Å²) in [6, 6.07) is 10.3. The van der Waals surface area contributed by atoms with Crippen LogP contribution in [0.5, 0.6) is 17.2 Å². The molecule has 3 rings (SSSR count). The summed E-state index contributed by atoms with van der Waals surface area (Å²) in [7, 11) is 0. The number of hydrogen-bond acceptors (Lipinski definition) is 5. The van der Waals surface area contributed by atoms with Crippen LogP contribution in [0.25, 0.3) is 0 Å². The highest BCUT2D eigenvalue weighted by molar-refractivity contribution is 9.10. The molecule has 118 valence electrons. The molecule has 0 atom stereocenters. The van der Waals surface area contributed by atoms with Crippen molar-refractivity contribution < 1.29 is 19.4 Å². The number of phenolic OH excluding ortho intramolecular Hbond substituents is 1. The van der Waals surface area contributed by atoms with E-state index in [2.05, 4.69) is 26.5 Å². The molecule has 0 spiro atoms. The van der Waals surface area contributed by atoms with Gasteiger partial charge in [-0.2, -0.15) is 5.10 Å². The zero-order valence-corrected chi connectivity index (χ0v) is 13.5. The van der Waals surface area contributed by atoms with Crippen LogP contribution in [0, 0.1) is 0 Å². The Bertz CT molecular complexity index is 777. The third-order valence-electron chi connectivity index (χ3n) is 3.18. The zero-order chi connectivity index (χ0) is 16.2. The van der Waals surface area contributed by atoms with E-state index in [1.165, 1.54) is 6.21 Å². The van der Waals surface area contributed by atoms with E-state index < -0.39 is 0 Å². The molecule has 0 aromatic heterocycles. The van der Waals surface area contributed by atoms with Gasteiger partial charge in [0, 0.05) is 10.0 Å². The molecule has 1 aliphatic heterocycles. The number of ether oxygens (including phenoxy) is 2. The van der Waals surface area contributed by atoms with Crippen molar-refractivity contribution in [1.29, 1.82) is 0 Å². The molecule has 2 N–H and O–H groups in total. The van der Waals surface area contributed by atoms with E-state index >= 15 is 0 Å². The minimum Gasteiger partial charge on any atom is -0.507 e. The fourth-order valence-electron chi connectivity index (χ4n) is 2.08. The monoisotopic (exact) mass is 376 g/mol. The van der Waals surface area contributed by atoms with Gasteiger partial charge in [-0.25, -0.2) is 5.43 Å². The molecular weight excluding hydrogens is 364 g/mol. The molecule has 1 aliphatic rings. The van der Waals surface area contributed by atoms with Crippen molar-refractivity contribution in [2.75, 3.05) is 6.79 Å². The average molecular weight is 377 g/mol. The number of fused-ring (bicyclic) bond motifs is 1. The van der Waals surface area contributed by atoms with Crippen molar-refractivity contribution in [3.8, 4) is 17.2 Å². The largest absolute Gasteiger partial charge is 0.507 e. The molecule has 23 heavy (non-hydrogen) atoms. The normalized spacial score (nSPS) is 12.6. The first kappa shape index (κ1) is 15.4. The second-order valence-corrected chi connectivity index (χ2v) is 5.78. The maximum atomic E-state index is 11.9. The van der Waals surface area contributed by atoms with E-state index in [1.807, 2.05) is 0 Å². The average Bonchev–Trinajstić information content (AvgIpc) is 2.98. The lowest BCUT2D eigenvalue weighted by Crippen LogP contribution is -2.19. The molecule has 1 amide bonds. The number of amides is 1. The number of nitrogens with one attached hydrogen (secondary N) is 1. The van der Waals surface area contributed by atoms with Crippen LogP contribution in [0.3, 0.4) is 0 Å². The van der Waals surface area contributed by atoms with Crippen molar-refractivity contribution >= 4 is 28.1 Å². The number of hydrazone groups is 1. The fraction of sp³-hybridized carbons (Fsp3) is 0.125. The first-order valence-electron chi connectivity index (χ1n) is 6.81. The van der Waals surface area contributed by atoms with E-state index in [9.17, 15) is 9.90 Å². The van der Waals surface area contributed by atoms with Crippen molar-refractivity contribution in [2.45, 2.75) is 6.42 Å². The lowest BCUT2D eigenvalue weighted by molar-refractivity contribution is -0.120. The number of benzene rings is 2. The van der Waals surface area contributed by atoms with Gasteiger partial charge < -0.3 is 14.6 Å². The van der Waals surface area contributed by atoms with Gasteiger partial charge in [0.2, 0.25) is 12.7 Å². The van der Waals surface area contributed by atoms with Crippen LogP contribution in [0.15, 0.2) is 46.0 Å². The van der Waals surface area contributed by atoms with Gasteiger partial charge in [-0.3, -0.25) is 4.79 Å². The molecule has 0 aliphatic carbocycles. The molecule has 0 radical (unpaired) electrons. The maximum absolute atomic E-state index is 11.9. The molecule has 2 aromatic rings. The van der Waals surface area contributed by atoms with Crippen molar-refractivity contribution in [3.63, 3.8) is 0 Å². The third-order valence-corrected chi connectivity index (χ3v) is 3.68. The van der Waals surface area contributed by atoms with Gasteiger partial charge in [0.1, 0.15) is 5.75 Å². The molecule has 0 fully saturated rings. The minimum atomic E-state index is -0.269. The number of halogens is 1. The Labute approximate surface area is 140 Å². The number of rotatable bonds is 4. The summed E-state index contributed by atoms with van der Waals surface area (Å²) < 4.78 is 11.3. The number of hydrogen-bond donors (Lipinski definition) is 2. The number of carbonyl (C=O) groups excluding carboxylic acids is 1. The van der Waals surface area contributed by atoms with Gasteiger partial charge in [-0.05, 0) is 35.9 Å². The molecule has 0 unspecified atom stereocenters. The predicted molar refractivity (Wildman–Crippen MR) is 87.8 cm³/mol. The number of carbonyl (C=O) groups is 1. The first-order chi connectivity index (χ1) is 11.1. The van der Waals surface area contributed by atoms with E-state index in [0.29, 0.717) is 17.1 Å². The topological polar surface area (TPSA) is 80.2 Å². The van der Waals surface area contributed by atoms with Gasteiger partial charge in [-0.1, -0.05) is 22.0 Å². The van der Waals surface area contributed by atoms with Gasteiger partial charge in [0.15, 0.2) is 11.5 Å². The van der Waals surface area contributed by atoms with Crippen LogP contribution in [0.2, 0.25) is 0 Å². The van der Waals surface area contributed by atoms with E-state index in [1.54, 1.807) is 36.4 Å². The molecule has 6 nitrogen and oxygen atoms in total. The van der Waals surface area contributed by atoms with Crippen molar-refractivity contribution in [2.24, 2.45) is 5.10 Å². The van der Waals surface area contributed by atoms with Crippen LogP contribution < -0.4 is 14.9 Å².